The molecule has 0 radical (unpaired) electrons. The van der Waals surface area contributed by atoms with Crippen LogP contribution in [-0.4, -0.2) is 28.8 Å². The lowest BCUT2D eigenvalue weighted by molar-refractivity contribution is -0.395. The Hall–Kier alpha value is -2.10. The second kappa shape index (κ2) is 7.25. The largest absolute Gasteiger partial charge is 0.349 e. The molecule has 122 valence electrons. The van der Waals surface area contributed by atoms with Crippen molar-refractivity contribution in [1.29, 1.82) is 0 Å². The van der Waals surface area contributed by atoms with Crippen molar-refractivity contribution in [3.8, 4) is 0 Å². The molecule has 0 aliphatic carbocycles. The van der Waals surface area contributed by atoms with Crippen LogP contribution >= 0.6 is 0 Å². The Kier molecular flexibility index (Phi) is 5.92. The minimum atomic E-state index is -1.27. The minimum absolute atomic E-state index is 0.111. The molecular formula is C13H19N3O6. The van der Waals surface area contributed by atoms with Gasteiger partial charge in [0.2, 0.25) is 0 Å². The molecule has 0 aromatic heterocycles. The SMILES string of the molecule is CCOC(C)(OCC)C(N)c1ccc([N+](=O)[O-])cc1[N+](=O)[O-]. The van der Waals surface area contributed by atoms with Crippen molar-refractivity contribution in [2.45, 2.75) is 32.6 Å². The zero-order valence-corrected chi connectivity index (χ0v) is 12.6. The molecule has 0 spiro atoms. The highest BCUT2D eigenvalue weighted by Gasteiger charge is 2.38. The quantitative estimate of drug-likeness (QED) is 0.442. The molecule has 0 bridgehead atoms. The third-order valence-corrected chi connectivity index (χ3v) is 3.18. The van der Waals surface area contributed by atoms with E-state index in [0.29, 0.717) is 13.2 Å². The average Bonchev–Trinajstić information content (AvgIpc) is 2.46. The molecule has 1 atom stereocenters. The third kappa shape index (κ3) is 3.75. The number of benzene rings is 1. The molecule has 2 N–H and O–H groups in total. The number of nitrogens with two attached hydrogens (primary N) is 1. The predicted octanol–water partition coefficient (Wildman–Crippen LogP) is 2.29. The van der Waals surface area contributed by atoms with Gasteiger partial charge in [0.05, 0.1) is 27.5 Å². The summed E-state index contributed by atoms with van der Waals surface area (Å²) < 4.78 is 11.0. The van der Waals surface area contributed by atoms with Crippen LogP contribution in [0, 0.1) is 20.2 Å². The molecule has 0 saturated carbocycles. The molecule has 1 rings (SSSR count). The van der Waals surface area contributed by atoms with Crippen LogP contribution in [0.2, 0.25) is 0 Å². The smallest absolute Gasteiger partial charge is 0.281 e. The summed E-state index contributed by atoms with van der Waals surface area (Å²) in [5, 5.41) is 22.0. The molecule has 0 saturated heterocycles. The summed E-state index contributed by atoms with van der Waals surface area (Å²) in [5.41, 5.74) is 5.38. The molecule has 22 heavy (non-hydrogen) atoms. The number of nitro benzene ring substituents is 2. The first kappa shape index (κ1) is 18.0. The highest BCUT2D eigenvalue weighted by molar-refractivity contribution is 5.51. The Balaban J connectivity index is 3.34. The van der Waals surface area contributed by atoms with E-state index in [2.05, 4.69) is 0 Å². The van der Waals surface area contributed by atoms with Crippen molar-refractivity contribution < 1.29 is 19.3 Å². The summed E-state index contributed by atoms with van der Waals surface area (Å²) in [6.45, 7) is 5.66. The van der Waals surface area contributed by atoms with E-state index >= 15 is 0 Å². The molecular weight excluding hydrogens is 294 g/mol. The fraction of sp³-hybridized carbons (Fsp3) is 0.538. The Bertz CT molecular complexity index is 557. The van der Waals surface area contributed by atoms with Crippen LogP contribution in [0.3, 0.4) is 0 Å². The summed E-state index contributed by atoms with van der Waals surface area (Å²) in [5.74, 6) is -1.27. The van der Waals surface area contributed by atoms with Crippen molar-refractivity contribution >= 4 is 11.4 Å². The van der Waals surface area contributed by atoms with Gasteiger partial charge in [0.15, 0.2) is 5.79 Å². The molecule has 1 aromatic carbocycles. The Morgan fingerprint density at radius 2 is 1.73 bits per heavy atom. The van der Waals surface area contributed by atoms with Gasteiger partial charge >= 0.3 is 0 Å². The van der Waals surface area contributed by atoms with E-state index in [1.807, 2.05) is 0 Å². The van der Waals surface area contributed by atoms with Crippen molar-refractivity contribution in [3.63, 3.8) is 0 Å². The Morgan fingerprint density at radius 3 is 2.14 bits per heavy atom. The number of nitro groups is 2. The average molecular weight is 313 g/mol. The number of nitrogens with zero attached hydrogens (tertiary/aromatic N) is 2. The van der Waals surface area contributed by atoms with E-state index in [1.54, 1.807) is 20.8 Å². The molecule has 1 aromatic rings. The van der Waals surface area contributed by atoms with Crippen LogP contribution in [-0.2, 0) is 9.47 Å². The van der Waals surface area contributed by atoms with E-state index < -0.39 is 27.4 Å². The van der Waals surface area contributed by atoms with Gasteiger partial charge < -0.3 is 15.2 Å². The van der Waals surface area contributed by atoms with E-state index in [4.69, 9.17) is 15.2 Å². The van der Waals surface area contributed by atoms with Crippen molar-refractivity contribution in [3.05, 3.63) is 44.0 Å². The van der Waals surface area contributed by atoms with E-state index in [-0.39, 0.29) is 11.3 Å². The maximum Gasteiger partial charge on any atom is 0.281 e. The predicted molar refractivity (Wildman–Crippen MR) is 78.3 cm³/mol. The van der Waals surface area contributed by atoms with Gasteiger partial charge in [-0.25, -0.2) is 0 Å². The molecule has 9 heteroatoms. The van der Waals surface area contributed by atoms with E-state index in [9.17, 15) is 20.2 Å². The highest BCUT2D eigenvalue weighted by atomic mass is 16.7. The van der Waals surface area contributed by atoms with Crippen LogP contribution in [0.4, 0.5) is 11.4 Å². The first-order chi connectivity index (χ1) is 10.3. The van der Waals surface area contributed by atoms with Gasteiger partial charge in [0.1, 0.15) is 0 Å². The molecule has 0 aliphatic rings. The van der Waals surface area contributed by atoms with Gasteiger partial charge in [0, 0.05) is 19.3 Å². The first-order valence-electron chi connectivity index (χ1n) is 6.73. The standard InChI is InChI=1S/C13H19N3O6/c1-4-21-13(3,22-5-2)12(14)10-7-6-9(15(17)18)8-11(10)16(19)20/h6-8,12H,4-5,14H2,1-3H3. The topological polar surface area (TPSA) is 131 Å². The summed E-state index contributed by atoms with van der Waals surface area (Å²) in [4.78, 5) is 20.5. The zero-order valence-electron chi connectivity index (χ0n) is 12.6. The maximum absolute atomic E-state index is 11.2. The van der Waals surface area contributed by atoms with Gasteiger partial charge in [-0.1, -0.05) is 0 Å². The molecule has 0 heterocycles. The Labute approximate surface area is 127 Å². The van der Waals surface area contributed by atoms with Crippen molar-refractivity contribution in [2.24, 2.45) is 5.73 Å². The first-order valence-corrected chi connectivity index (χ1v) is 6.73. The normalized spacial score (nSPS) is 12.9. The van der Waals surface area contributed by atoms with Gasteiger partial charge in [-0.05, 0) is 26.8 Å². The van der Waals surface area contributed by atoms with Crippen LogP contribution in [0.1, 0.15) is 32.4 Å². The number of non-ortho nitro benzene ring substituents is 1. The maximum atomic E-state index is 11.2. The lowest BCUT2D eigenvalue weighted by Gasteiger charge is -2.34. The lowest BCUT2D eigenvalue weighted by atomic mass is 9.98. The summed E-state index contributed by atoms with van der Waals surface area (Å²) in [6.07, 6.45) is 0. The zero-order chi connectivity index (χ0) is 16.9. The highest BCUT2D eigenvalue weighted by Crippen LogP contribution is 2.35. The van der Waals surface area contributed by atoms with Crippen LogP contribution < -0.4 is 5.73 Å². The van der Waals surface area contributed by atoms with Gasteiger partial charge in [-0.2, -0.15) is 0 Å². The Morgan fingerprint density at radius 1 is 1.18 bits per heavy atom. The fourth-order valence-electron chi connectivity index (χ4n) is 2.14. The van der Waals surface area contributed by atoms with Crippen LogP contribution in [0.15, 0.2) is 18.2 Å². The number of rotatable bonds is 8. The van der Waals surface area contributed by atoms with Gasteiger partial charge in [-0.3, -0.25) is 20.2 Å². The third-order valence-electron chi connectivity index (χ3n) is 3.18. The second-order valence-electron chi connectivity index (χ2n) is 4.62. The van der Waals surface area contributed by atoms with Crippen LogP contribution in [0.5, 0.6) is 0 Å². The van der Waals surface area contributed by atoms with Gasteiger partial charge in [-0.15, -0.1) is 0 Å². The summed E-state index contributed by atoms with van der Waals surface area (Å²) in [6, 6.07) is 2.33. The summed E-state index contributed by atoms with van der Waals surface area (Å²) >= 11 is 0. The van der Waals surface area contributed by atoms with Gasteiger partial charge in [0.25, 0.3) is 11.4 Å². The van der Waals surface area contributed by atoms with Crippen LogP contribution in [0.25, 0.3) is 0 Å². The monoisotopic (exact) mass is 313 g/mol. The van der Waals surface area contributed by atoms with Crippen molar-refractivity contribution in [2.75, 3.05) is 13.2 Å². The van der Waals surface area contributed by atoms with E-state index in [1.165, 1.54) is 12.1 Å². The molecule has 9 nitrogen and oxygen atoms in total. The number of hydrogen-bond acceptors (Lipinski definition) is 7. The summed E-state index contributed by atoms with van der Waals surface area (Å²) in [7, 11) is 0. The number of ether oxygens (including phenoxy) is 2. The molecule has 0 aliphatic heterocycles. The molecule has 0 amide bonds. The van der Waals surface area contributed by atoms with E-state index in [0.717, 1.165) is 6.07 Å². The molecule has 0 fully saturated rings. The second-order valence-corrected chi connectivity index (χ2v) is 4.62. The van der Waals surface area contributed by atoms with Crippen molar-refractivity contribution in [1.82, 2.24) is 0 Å². The lowest BCUT2D eigenvalue weighted by Crippen LogP contribution is -2.44. The molecule has 1 unspecified atom stereocenters. The fourth-order valence-corrected chi connectivity index (χ4v) is 2.14. The number of hydrogen-bond donors (Lipinski definition) is 1. The minimum Gasteiger partial charge on any atom is -0.349 e.